The van der Waals surface area contributed by atoms with Gasteiger partial charge in [-0.3, -0.25) is 0 Å². The zero-order chi connectivity index (χ0) is 14.1. The van der Waals surface area contributed by atoms with Crippen LogP contribution in [0.15, 0.2) is 36.5 Å². The Labute approximate surface area is 122 Å². The third-order valence-electron chi connectivity index (χ3n) is 3.19. The van der Waals surface area contributed by atoms with Gasteiger partial charge >= 0.3 is 0 Å². The van der Waals surface area contributed by atoms with Crippen molar-refractivity contribution in [2.45, 2.75) is 19.9 Å². The van der Waals surface area contributed by atoms with E-state index < -0.39 is 0 Å². The number of nitrogens with zero attached hydrogens (tertiary/aromatic N) is 3. The first-order chi connectivity index (χ1) is 9.70. The highest BCUT2D eigenvalue weighted by atomic mass is 35.5. The average Bonchev–Trinajstić information content (AvgIpc) is 2.78. The fourth-order valence-corrected chi connectivity index (χ4v) is 2.59. The van der Waals surface area contributed by atoms with Crippen molar-refractivity contribution < 1.29 is 0 Å². The molecular formula is C15H15ClN4. The fourth-order valence-electron chi connectivity index (χ4n) is 2.31. The molecule has 5 heteroatoms. The van der Waals surface area contributed by atoms with Crippen LogP contribution in [0.3, 0.4) is 0 Å². The second kappa shape index (κ2) is 5.13. The van der Waals surface area contributed by atoms with Crippen molar-refractivity contribution in [3.63, 3.8) is 0 Å². The number of nitrogens with two attached hydrogens (primary N) is 1. The summed E-state index contributed by atoms with van der Waals surface area (Å²) in [7, 11) is 0. The number of hydrogen-bond donors (Lipinski definition) is 1. The van der Waals surface area contributed by atoms with Crippen LogP contribution in [0.1, 0.15) is 13.3 Å². The Kier molecular flexibility index (Phi) is 3.32. The standard InChI is InChI=1S/C15H15ClN4/c1-2-8-20-14(11-6-5-10(17)9-12(11)16)19-13-4-3-7-18-15(13)20/h3-7,9H,2,8,17H2,1H3. The Morgan fingerprint density at radius 2 is 2.15 bits per heavy atom. The van der Waals surface area contributed by atoms with Crippen LogP contribution in [0.25, 0.3) is 22.6 Å². The molecule has 0 aliphatic carbocycles. The molecule has 0 bridgehead atoms. The van der Waals surface area contributed by atoms with E-state index in [4.69, 9.17) is 17.3 Å². The van der Waals surface area contributed by atoms with E-state index >= 15 is 0 Å². The van der Waals surface area contributed by atoms with Crippen LogP contribution >= 0.6 is 11.6 Å². The van der Waals surface area contributed by atoms with Crippen molar-refractivity contribution >= 4 is 28.5 Å². The molecule has 102 valence electrons. The molecule has 0 aliphatic heterocycles. The molecule has 0 amide bonds. The van der Waals surface area contributed by atoms with Crippen molar-refractivity contribution in [3.05, 3.63) is 41.6 Å². The van der Waals surface area contributed by atoms with Crippen molar-refractivity contribution in [1.29, 1.82) is 0 Å². The van der Waals surface area contributed by atoms with Crippen molar-refractivity contribution in [2.75, 3.05) is 5.73 Å². The van der Waals surface area contributed by atoms with Crippen LogP contribution in [0.4, 0.5) is 5.69 Å². The van der Waals surface area contributed by atoms with Gasteiger partial charge in [0.2, 0.25) is 0 Å². The lowest BCUT2D eigenvalue weighted by atomic mass is 10.2. The number of halogens is 1. The average molecular weight is 287 g/mol. The third kappa shape index (κ3) is 2.12. The minimum absolute atomic E-state index is 0.609. The molecule has 0 fully saturated rings. The lowest BCUT2D eigenvalue weighted by Crippen LogP contribution is -2.01. The highest BCUT2D eigenvalue weighted by molar-refractivity contribution is 6.33. The molecule has 0 aliphatic rings. The van der Waals surface area contributed by atoms with Gasteiger partial charge in [0.1, 0.15) is 11.3 Å². The van der Waals surface area contributed by atoms with Gasteiger partial charge in [-0.25, -0.2) is 9.97 Å². The van der Waals surface area contributed by atoms with Gasteiger partial charge in [-0.1, -0.05) is 18.5 Å². The van der Waals surface area contributed by atoms with E-state index in [0.29, 0.717) is 10.7 Å². The maximum atomic E-state index is 6.31. The summed E-state index contributed by atoms with van der Waals surface area (Å²) in [5.41, 5.74) is 9.05. The minimum Gasteiger partial charge on any atom is -0.399 e. The maximum Gasteiger partial charge on any atom is 0.160 e. The van der Waals surface area contributed by atoms with Crippen LogP contribution in [0.5, 0.6) is 0 Å². The number of imidazole rings is 1. The molecule has 20 heavy (non-hydrogen) atoms. The van der Waals surface area contributed by atoms with E-state index in [9.17, 15) is 0 Å². The molecule has 4 nitrogen and oxygen atoms in total. The van der Waals surface area contributed by atoms with E-state index in [2.05, 4.69) is 21.5 Å². The molecule has 0 unspecified atom stereocenters. The highest BCUT2D eigenvalue weighted by Crippen LogP contribution is 2.31. The van der Waals surface area contributed by atoms with Gasteiger partial charge in [0.25, 0.3) is 0 Å². The van der Waals surface area contributed by atoms with Gasteiger partial charge in [0, 0.05) is 24.0 Å². The van der Waals surface area contributed by atoms with Crippen LogP contribution in [-0.4, -0.2) is 14.5 Å². The quantitative estimate of drug-likeness (QED) is 0.746. The molecule has 3 aromatic rings. The van der Waals surface area contributed by atoms with Crippen LogP contribution < -0.4 is 5.73 Å². The highest BCUT2D eigenvalue weighted by Gasteiger charge is 2.15. The second-order valence-corrected chi connectivity index (χ2v) is 5.08. The van der Waals surface area contributed by atoms with Gasteiger partial charge in [-0.05, 0) is 36.8 Å². The smallest absolute Gasteiger partial charge is 0.160 e. The van der Waals surface area contributed by atoms with E-state index in [1.54, 1.807) is 12.3 Å². The molecule has 3 rings (SSSR count). The number of aromatic nitrogens is 3. The summed E-state index contributed by atoms with van der Waals surface area (Å²) >= 11 is 6.31. The number of nitrogen functional groups attached to an aromatic ring is 1. The van der Waals surface area contributed by atoms with E-state index in [0.717, 1.165) is 35.5 Å². The van der Waals surface area contributed by atoms with E-state index in [1.165, 1.54) is 0 Å². The van der Waals surface area contributed by atoms with E-state index in [-0.39, 0.29) is 0 Å². The SMILES string of the molecule is CCCn1c(-c2ccc(N)cc2Cl)nc2cccnc21. The summed E-state index contributed by atoms with van der Waals surface area (Å²) in [6, 6.07) is 9.35. The van der Waals surface area contributed by atoms with Gasteiger partial charge in [0.05, 0.1) is 5.02 Å². The van der Waals surface area contributed by atoms with E-state index in [1.807, 2.05) is 24.3 Å². The first kappa shape index (κ1) is 12.9. The summed E-state index contributed by atoms with van der Waals surface area (Å²) in [6.45, 7) is 2.98. The van der Waals surface area contributed by atoms with Crippen LogP contribution in [0.2, 0.25) is 5.02 Å². The van der Waals surface area contributed by atoms with Crippen molar-refractivity contribution in [1.82, 2.24) is 14.5 Å². The first-order valence-electron chi connectivity index (χ1n) is 6.57. The Morgan fingerprint density at radius 3 is 2.90 bits per heavy atom. The molecule has 0 saturated carbocycles. The Balaban J connectivity index is 2.26. The molecular weight excluding hydrogens is 272 g/mol. The summed E-state index contributed by atoms with van der Waals surface area (Å²) in [5, 5.41) is 0.609. The number of aryl methyl sites for hydroxylation is 1. The zero-order valence-electron chi connectivity index (χ0n) is 11.2. The molecule has 1 aromatic carbocycles. The number of fused-ring (bicyclic) bond motifs is 1. The lowest BCUT2D eigenvalue weighted by Gasteiger charge is -2.09. The fraction of sp³-hybridized carbons (Fsp3) is 0.200. The van der Waals surface area contributed by atoms with Gasteiger partial charge in [-0.15, -0.1) is 0 Å². The Morgan fingerprint density at radius 1 is 1.30 bits per heavy atom. The molecule has 0 saturated heterocycles. The molecule has 2 N–H and O–H groups in total. The number of benzene rings is 1. The number of rotatable bonds is 3. The summed E-state index contributed by atoms with van der Waals surface area (Å²) < 4.78 is 2.10. The van der Waals surface area contributed by atoms with Crippen LogP contribution in [0, 0.1) is 0 Å². The molecule has 2 heterocycles. The van der Waals surface area contributed by atoms with Gasteiger partial charge < -0.3 is 10.3 Å². The monoisotopic (exact) mass is 286 g/mol. The summed E-state index contributed by atoms with van der Waals surface area (Å²) in [4.78, 5) is 9.09. The number of hydrogen-bond acceptors (Lipinski definition) is 3. The summed E-state index contributed by atoms with van der Waals surface area (Å²) in [6.07, 6.45) is 2.78. The Hall–Kier alpha value is -2.07. The molecule has 0 spiro atoms. The second-order valence-electron chi connectivity index (χ2n) is 4.67. The van der Waals surface area contributed by atoms with Gasteiger partial charge in [-0.2, -0.15) is 0 Å². The lowest BCUT2D eigenvalue weighted by molar-refractivity contribution is 0.698. The van der Waals surface area contributed by atoms with Gasteiger partial charge in [0.15, 0.2) is 5.65 Å². The predicted molar refractivity (Wildman–Crippen MR) is 82.7 cm³/mol. The minimum atomic E-state index is 0.609. The van der Waals surface area contributed by atoms with Crippen molar-refractivity contribution in [2.24, 2.45) is 0 Å². The van der Waals surface area contributed by atoms with Crippen LogP contribution in [-0.2, 0) is 6.54 Å². The number of anilines is 1. The first-order valence-corrected chi connectivity index (χ1v) is 6.95. The predicted octanol–water partition coefficient (Wildman–Crippen LogP) is 3.74. The molecule has 0 radical (unpaired) electrons. The zero-order valence-corrected chi connectivity index (χ0v) is 11.9. The molecule has 2 aromatic heterocycles. The molecule has 0 atom stereocenters. The maximum absolute atomic E-state index is 6.31. The third-order valence-corrected chi connectivity index (χ3v) is 3.50. The normalized spacial score (nSPS) is 11.1. The largest absolute Gasteiger partial charge is 0.399 e. The summed E-state index contributed by atoms with van der Waals surface area (Å²) in [5.74, 6) is 0.838. The Bertz CT molecular complexity index is 764. The topological polar surface area (TPSA) is 56.7 Å². The number of pyridine rings is 1. The van der Waals surface area contributed by atoms with Crippen molar-refractivity contribution in [3.8, 4) is 11.4 Å².